The van der Waals surface area contributed by atoms with Gasteiger partial charge in [0.05, 0.1) is 11.1 Å². The van der Waals surface area contributed by atoms with E-state index >= 15 is 0 Å². The summed E-state index contributed by atoms with van der Waals surface area (Å²) in [5, 5.41) is 20.3. The van der Waals surface area contributed by atoms with Crippen LogP contribution in [0.25, 0.3) is 0 Å². The van der Waals surface area contributed by atoms with E-state index in [4.69, 9.17) is 0 Å². The van der Waals surface area contributed by atoms with E-state index in [2.05, 4.69) is 42.5 Å². The molecule has 2 aromatic carbocycles. The number of carbonyl (C=O) groups excluding carboxylic acids is 4. The Balaban J connectivity index is 1.93. The minimum atomic E-state index is -0.615. The molecule has 0 fully saturated rings. The molecule has 4 amide bonds. The van der Waals surface area contributed by atoms with Crippen molar-refractivity contribution in [2.75, 3.05) is 0 Å². The summed E-state index contributed by atoms with van der Waals surface area (Å²) < 4.78 is 0. The molecule has 10 heteroatoms. The standard InChI is InChI=1S/C34H50N4O6/c1-5-8-11-14-26(32(42)36-38-34(44)28-22-25(13-10-7-3)17-20-30(28)40)18-15-23(4)31(41)35-37-33(43)27-21-24(12-9-6-2)16-19-29(27)39/h16-17,19-23,26,39-40H,5-15,18H2,1-4H3,(H,35,41)(H,36,42)(H,37,43)(H,38,44). The molecule has 0 saturated carbocycles. The van der Waals surface area contributed by atoms with E-state index in [0.29, 0.717) is 19.3 Å². The lowest BCUT2D eigenvalue weighted by Gasteiger charge is -2.19. The molecule has 0 aromatic heterocycles. The van der Waals surface area contributed by atoms with Gasteiger partial charge in [-0.1, -0.05) is 71.9 Å². The number of phenols is 2. The second-order valence-corrected chi connectivity index (χ2v) is 11.5. The molecule has 242 valence electrons. The molecule has 2 aromatic rings. The number of aromatic hydroxyl groups is 2. The molecule has 0 aliphatic carbocycles. The molecule has 6 N–H and O–H groups in total. The largest absolute Gasteiger partial charge is 0.507 e. The number of aryl methyl sites for hydroxylation is 2. The fourth-order valence-electron chi connectivity index (χ4n) is 4.83. The van der Waals surface area contributed by atoms with Gasteiger partial charge in [-0.15, -0.1) is 0 Å². The Morgan fingerprint density at radius 3 is 1.57 bits per heavy atom. The summed E-state index contributed by atoms with van der Waals surface area (Å²) in [5.41, 5.74) is 11.8. The second kappa shape index (κ2) is 19.2. The number of carbonyl (C=O) groups is 4. The van der Waals surface area contributed by atoms with E-state index in [-0.39, 0.29) is 28.5 Å². The Morgan fingerprint density at radius 2 is 1.09 bits per heavy atom. The Kier molecular flexibility index (Phi) is 15.8. The average molecular weight is 611 g/mol. The SMILES string of the molecule is CCCCCC(CCC(C)C(=O)NNC(=O)c1cc(CCCC)ccc1O)C(=O)NNC(=O)c1cc(CCCC)ccc1O. The smallest absolute Gasteiger partial charge is 0.273 e. The molecule has 0 aliphatic rings. The topological polar surface area (TPSA) is 157 Å². The van der Waals surface area contributed by atoms with Crippen molar-refractivity contribution in [1.82, 2.24) is 21.7 Å². The first-order valence-electron chi connectivity index (χ1n) is 15.9. The summed E-state index contributed by atoms with van der Waals surface area (Å²) in [5.74, 6) is -3.30. The highest BCUT2D eigenvalue weighted by molar-refractivity contribution is 5.98. The van der Waals surface area contributed by atoms with Gasteiger partial charge in [0, 0.05) is 11.8 Å². The first-order chi connectivity index (χ1) is 21.1. The monoisotopic (exact) mass is 610 g/mol. The fraction of sp³-hybridized carbons (Fsp3) is 0.529. The van der Waals surface area contributed by atoms with Crippen molar-refractivity contribution >= 4 is 23.6 Å². The van der Waals surface area contributed by atoms with Gasteiger partial charge in [-0.3, -0.25) is 40.9 Å². The van der Waals surface area contributed by atoms with Gasteiger partial charge in [-0.25, -0.2) is 0 Å². The maximum absolute atomic E-state index is 13.1. The lowest BCUT2D eigenvalue weighted by atomic mass is 9.91. The molecule has 0 heterocycles. The van der Waals surface area contributed by atoms with Crippen LogP contribution in [-0.4, -0.2) is 33.8 Å². The zero-order valence-electron chi connectivity index (χ0n) is 26.6. The summed E-state index contributed by atoms with van der Waals surface area (Å²) in [4.78, 5) is 51.2. The van der Waals surface area contributed by atoms with Crippen LogP contribution in [0.15, 0.2) is 36.4 Å². The van der Waals surface area contributed by atoms with Crippen LogP contribution in [0.2, 0.25) is 0 Å². The van der Waals surface area contributed by atoms with Crippen molar-refractivity contribution in [3.8, 4) is 11.5 Å². The molecule has 0 aliphatic heterocycles. The van der Waals surface area contributed by atoms with Gasteiger partial charge in [0.2, 0.25) is 11.8 Å². The Labute approximate surface area is 261 Å². The van der Waals surface area contributed by atoms with E-state index in [1.807, 2.05) is 0 Å². The number of phenolic OH excluding ortho intramolecular Hbond substituents is 2. The summed E-state index contributed by atoms with van der Waals surface area (Å²) in [7, 11) is 0. The van der Waals surface area contributed by atoms with Gasteiger partial charge in [-0.05, 0) is 80.3 Å². The molecule has 0 bridgehead atoms. The summed E-state index contributed by atoms with van der Waals surface area (Å²) in [6, 6.07) is 9.77. The average Bonchev–Trinajstić information content (AvgIpc) is 3.02. The molecule has 2 rings (SSSR count). The number of hydrogen-bond acceptors (Lipinski definition) is 6. The van der Waals surface area contributed by atoms with E-state index < -0.39 is 29.6 Å². The predicted molar refractivity (Wildman–Crippen MR) is 171 cm³/mol. The lowest BCUT2D eigenvalue weighted by Crippen LogP contribution is -2.45. The summed E-state index contributed by atoms with van der Waals surface area (Å²) in [6.45, 7) is 7.93. The predicted octanol–water partition coefficient (Wildman–Crippen LogP) is 5.62. The van der Waals surface area contributed by atoms with Crippen molar-refractivity contribution in [3.05, 3.63) is 58.7 Å². The van der Waals surface area contributed by atoms with Crippen molar-refractivity contribution in [3.63, 3.8) is 0 Å². The molecular formula is C34H50N4O6. The summed E-state index contributed by atoms with van der Waals surface area (Å²) in [6.07, 6.45) is 9.60. The molecule has 2 unspecified atom stereocenters. The molecule has 44 heavy (non-hydrogen) atoms. The van der Waals surface area contributed by atoms with Crippen molar-refractivity contribution in [2.24, 2.45) is 11.8 Å². The highest BCUT2D eigenvalue weighted by atomic mass is 16.3. The molecular weight excluding hydrogens is 560 g/mol. The number of unbranched alkanes of at least 4 members (excludes halogenated alkanes) is 4. The Bertz CT molecular complexity index is 1250. The Hall–Kier alpha value is -4.08. The zero-order chi connectivity index (χ0) is 32.5. The quantitative estimate of drug-likeness (QED) is 0.101. The minimum absolute atomic E-state index is 0.0854. The van der Waals surface area contributed by atoms with Crippen LogP contribution < -0.4 is 21.7 Å². The number of benzene rings is 2. The fourth-order valence-corrected chi connectivity index (χ4v) is 4.83. The highest BCUT2D eigenvalue weighted by Crippen LogP contribution is 2.22. The van der Waals surface area contributed by atoms with E-state index in [1.54, 1.807) is 31.2 Å². The van der Waals surface area contributed by atoms with Crippen LogP contribution in [0, 0.1) is 11.8 Å². The summed E-state index contributed by atoms with van der Waals surface area (Å²) >= 11 is 0. The van der Waals surface area contributed by atoms with Gasteiger partial charge in [0.1, 0.15) is 11.5 Å². The number of amides is 4. The van der Waals surface area contributed by atoms with Gasteiger partial charge in [0.25, 0.3) is 11.8 Å². The first kappa shape index (κ1) is 36.1. The molecule has 0 saturated heterocycles. The second-order valence-electron chi connectivity index (χ2n) is 11.5. The van der Waals surface area contributed by atoms with Gasteiger partial charge >= 0.3 is 0 Å². The number of hydrogen-bond donors (Lipinski definition) is 6. The Morgan fingerprint density at radius 1 is 0.614 bits per heavy atom. The number of nitrogens with one attached hydrogen (secondary N) is 4. The zero-order valence-corrected chi connectivity index (χ0v) is 26.6. The van der Waals surface area contributed by atoms with Crippen LogP contribution in [0.4, 0.5) is 0 Å². The van der Waals surface area contributed by atoms with E-state index in [1.165, 1.54) is 12.1 Å². The van der Waals surface area contributed by atoms with Crippen LogP contribution >= 0.6 is 0 Å². The lowest BCUT2D eigenvalue weighted by molar-refractivity contribution is -0.128. The maximum Gasteiger partial charge on any atom is 0.273 e. The third-order valence-electron chi connectivity index (χ3n) is 7.77. The van der Waals surface area contributed by atoms with Crippen molar-refractivity contribution in [1.29, 1.82) is 0 Å². The third kappa shape index (κ3) is 11.9. The highest BCUT2D eigenvalue weighted by Gasteiger charge is 2.23. The van der Waals surface area contributed by atoms with E-state index in [9.17, 15) is 29.4 Å². The van der Waals surface area contributed by atoms with Gasteiger partial charge in [0.15, 0.2) is 0 Å². The molecule has 0 radical (unpaired) electrons. The van der Waals surface area contributed by atoms with Crippen molar-refractivity contribution in [2.45, 2.75) is 105 Å². The van der Waals surface area contributed by atoms with Crippen LogP contribution in [0.3, 0.4) is 0 Å². The van der Waals surface area contributed by atoms with Crippen molar-refractivity contribution < 1.29 is 29.4 Å². The van der Waals surface area contributed by atoms with E-state index in [0.717, 1.165) is 68.9 Å². The number of rotatable bonds is 17. The van der Waals surface area contributed by atoms with Crippen LogP contribution in [0.1, 0.15) is 124 Å². The first-order valence-corrected chi connectivity index (χ1v) is 15.9. The third-order valence-corrected chi connectivity index (χ3v) is 7.77. The number of hydrazine groups is 2. The van der Waals surface area contributed by atoms with Crippen LogP contribution in [-0.2, 0) is 22.4 Å². The molecule has 0 spiro atoms. The van der Waals surface area contributed by atoms with Gasteiger partial charge < -0.3 is 10.2 Å². The molecule has 2 atom stereocenters. The van der Waals surface area contributed by atoms with Gasteiger partial charge in [-0.2, -0.15) is 0 Å². The maximum atomic E-state index is 13.1. The normalized spacial score (nSPS) is 12.2. The van der Waals surface area contributed by atoms with Crippen LogP contribution in [0.5, 0.6) is 11.5 Å². The minimum Gasteiger partial charge on any atom is -0.507 e. The molecule has 10 nitrogen and oxygen atoms in total.